The van der Waals surface area contributed by atoms with E-state index in [-0.39, 0.29) is 23.6 Å². The van der Waals surface area contributed by atoms with Crippen molar-refractivity contribution in [2.75, 3.05) is 57.4 Å². The highest BCUT2D eigenvalue weighted by atomic mass is 32.2. The molecule has 0 aromatic rings. The lowest BCUT2D eigenvalue weighted by Crippen LogP contribution is -2.49. The number of morpholine rings is 1. The van der Waals surface area contributed by atoms with Crippen molar-refractivity contribution in [1.29, 1.82) is 0 Å². The third-order valence-electron chi connectivity index (χ3n) is 4.06. The molecule has 1 atom stereocenters. The van der Waals surface area contributed by atoms with Crippen LogP contribution in [0.1, 0.15) is 13.3 Å². The summed E-state index contributed by atoms with van der Waals surface area (Å²) < 4.78 is 28.3. The van der Waals surface area contributed by atoms with Crippen molar-refractivity contribution in [3.8, 4) is 0 Å². The standard InChI is InChI=1S/C13H25N3O4S/c1-2-16(12-3-10-21(18,19)11-12)13(17)14-4-5-15-6-8-20-9-7-15/h12H,2-11H2,1H3,(H,14,17). The van der Waals surface area contributed by atoms with E-state index in [4.69, 9.17) is 4.74 Å². The van der Waals surface area contributed by atoms with Crippen LogP contribution in [0.25, 0.3) is 0 Å². The van der Waals surface area contributed by atoms with Gasteiger partial charge in [0.05, 0.1) is 24.7 Å². The van der Waals surface area contributed by atoms with E-state index in [0.717, 1.165) is 32.8 Å². The van der Waals surface area contributed by atoms with Crippen LogP contribution in [-0.4, -0.2) is 87.7 Å². The van der Waals surface area contributed by atoms with Gasteiger partial charge in [-0.2, -0.15) is 0 Å². The van der Waals surface area contributed by atoms with Crippen LogP contribution < -0.4 is 5.32 Å². The lowest BCUT2D eigenvalue weighted by Gasteiger charge is -2.29. The van der Waals surface area contributed by atoms with Crippen LogP contribution in [0, 0.1) is 0 Å². The van der Waals surface area contributed by atoms with Crippen LogP contribution in [0.4, 0.5) is 4.79 Å². The number of nitrogens with one attached hydrogen (secondary N) is 1. The van der Waals surface area contributed by atoms with Crippen molar-refractivity contribution in [1.82, 2.24) is 15.1 Å². The van der Waals surface area contributed by atoms with Crippen LogP contribution in [0.3, 0.4) is 0 Å². The molecule has 0 aromatic heterocycles. The fraction of sp³-hybridized carbons (Fsp3) is 0.923. The highest BCUT2D eigenvalue weighted by Gasteiger charge is 2.33. The van der Waals surface area contributed by atoms with Crippen LogP contribution in [0.2, 0.25) is 0 Å². The maximum Gasteiger partial charge on any atom is 0.317 e. The molecule has 7 nitrogen and oxygen atoms in total. The highest BCUT2D eigenvalue weighted by Crippen LogP contribution is 2.17. The molecular formula is C13H25N3O4S. The molecule has 0 radical (unpaired) electrons. The fourth-order valence-corrected chi connectivity index (χ4v) is 4.57. The maximum atomic E-state index is 12.2. The number of urea groups is 1. The summed E-state index contributed by atoms with van der Waals surface area (Å²) in [5.74, 6) is 0.285. The van der Waals surface area contributed by atoms with Gasteiger partial charge in [0.2, 0.25) is 0 Å². The van der Waals surface area contributed by atoms with Gasteiger partial charge >= 0.3 is 6.03 Å². The summed E-state index contributed by atoms with van der Waals surface area (Å²) in [5.41, 5.74) is 0. The molecule has 0 saturated carbocycles. The van der Waals surface area contributed by atoms with Crippen LogP contribution in [0.5, 0.6) is 0 Å². The molecule has 8 heteroatoms. The number of amides is 2. The number of carbonyl (C=O) groups excluding carboxylic acids is 1. The summed E-state index contributed by atoms with van der Waals surface area (Å²) in [6, 6.07) is -0.337. The quantitative estimate of drug-likeness (QED) is 0.742. The SMILES string of the molecule is CCN(C(=O)NCCN1CCOCC1)C1CCS(=O)(=O)C1. The Kier molecular flexibility index (Phi) is 5.83. The number of hydrogen-bond acceptors (Lipinski definition) is 5. The van der Waals surface area contributed by atoms with Gasteiger partial charge in [0.1, 0.15) is 0 Å². The molecule has 1 unspecified atom stereocenters. The summed E-state index contributed by atoms with van der Waals surface area (Å²) in [4.78, 5) is 16.1. The third kappa shape index (κ3) is 4.82. The van der Waals surface area contributed by atoms with E-state index in [1.807, 2.05) is 6.92 Å². The second-order valence-electron chi connectivity index (χ2n) is 5.53. The first kappa shape index (κ1) is 16.5. The largest absolute Gasteiger partial charge is 0.379 e. The van der Waals surface area contributed by atoms with E-state index in [9.17, 15) is 13.2 Å². The van der Waals surface area contributed by atoms with Gasteiger partial charge in [-0.15, -0.1) is 0 Å². The Hall–Kier alpha value is -0.860. The van der Waals surface area contributed by atoms with E-state index in [2.05, 4.69) is 10.2 Å². The Morgan fingerprint density at radius 1 is 1.38 bits per heavy atom. The Morgan fingerprint density at radius 3 is 2.67 bits per heavy atom. The lowest BCUT2D eigenvalue weighted by atomic mass is 10.2. The van der Waals surface area contributed by atoms with E-state index < -0.39 is 9.84 Å². The summed E-state index contributed by atoms with van der Waals surface area (Å²) in [6.45, 7) is 7.08. The highest BCUT2D eigenvalue weighted by molar-refractivity contribution is 7.91. The Labute approximate surface area is 126 Å². The van der Waals surface area contributed by atoms with Gasteiger partial charge in [0.15, 0.2) is 9.84 Å². The Bertz CT molecular complexity index is 448. The molecular weight excluding hydrogens is 294 g/mol. The molecule has 2 heterocycles. The second-order valence-corrected chi connectivity index (χ2v) is 7.76. The maximum absolute atomic E-state index is 12.2. The molecule has 2 fully saturated rings. The van der Waals surface area contributed by atoms with Crippen molar-refractivity contribution in [3.63, 3.8) is 0 Å². The molecule has 21 heavy (non-hydrogen) atoms. The van der Waals surface area contributed by atoms with Crippen molar-refractivity contribution in [2.24, 2.45) is 0 Å². The molecule has 122 valence electrons. The van der Waals surface area contributed by atoms with Crippen molar-refractivity contribution < 1.29 is 17.9 Å². The smallest absolute Gasteiger partial charge is 0.317 e. The average Bonchev–Trinajstić information content (AvgIpc) is 2.81. The minimum atomic E-state index is -2.97. The zero-order valence-corrected chi connectivity index (χ0v) is 13.4. The van der Waals surface area contributed by atoms with Crippen LogP contribution in [-0.2, 0) is 14.6 Å². The fourth-order valence-electron chi connectivity index (χ4n) is 2.84. The third-order valence-corrected chi connectivity index (χ3v) is 5.81. The number of hydrogen-bond donors (Lipinski definition) is 1. The molecule has 2 rings (SSSR count). The van der Waals surface area contributed by atoms with Gasteiger partial charge in [-0.25, -0.2) is 13.2 Å². The van der Waals surface area contributed by atoms with E-state index >= 15 is 0 Å². The van der Waals surface area contributed by atoms with E-state index in [1.165, 1.54) is 0 Å². The zero-order chi connectivity index (χ0) is 15.3. The average molecular weight is 319 g/mol. The van der Waals surface area contributed by atoms with Gasteiger partial charge in [0.25, 0.3) is 0 Å². The number of sulfone groups is 1. The molecule has 2 amide bonds. The monoisotopic (exact) mass is 319 g/mol. The number of nitrogens with zero attached hydrogens (tertiary/aromatic N) is 2. The van der Waals surface area contributed by atoms with Crippen molar-refractivity contribution >= 4 is 15.9 Å². The number of rotatable bonds is 5. The van der Waals surface area contributed by atoms with Gasteiger partial charge in [-0.3, -0.25) is 4.90 Å². The molecule has 0 aliphatic carbocycles. The number of ether oxygens (including phenoxy) is 1. The Morgan fingerprint density at radius 2 is 2.10 bits per heavy atom. The van der Waals surface area contributed by atoms with Crippen molar-refractivity contribution in [2.45, 2.75) is 19.4 Å². The summed E-state index contributed by atoms with van der Waals surface area (Å²) in [6.07, 6.45) is 0.549. The van der Waals surface area contributed by atoms with Gasteiger partial charge in [-0.05, 0) is 13.3 Å². The van der Waals surface area contributed by atoms with Gasteiger partial charge in [0, 0.05) is 38.8 Å². The second kappa shape index (κ2) is 7.42. The lowest BCUT2D eigenvalue weighted by molar-refractivity contribution is 0.0385. The molecule has 1 N–H and O–H groups in total. The van der Waals surface area contributed by atoms with Gasteiger partial charge in [-0.1, -0.05) is 0 Å². The summed E-state index contributed by atoms with van der Waals surface area (Å²) in [7, 11) is -2.97. The molecule has 2 aliphatic heterocycles. The first-order chi connectivity index (χ1) is 10.0. The molecule has 0 spiro atoms. The summed E-state index contributed by atoms with van der Waals surface area (Å²) in [5, 5.41) is 2.89. The zero-order valence-electron chi connectivity index (χ0n) is 12.6. The Balaban J connectivity index is 1.75. The number of carbonyl (C=O) groups is 1. The minimum absolute atomic E-state index is 0.0950. The topological polar surface area (TPSA) is 79.0 Å². The molecule has 0 aromatic carbocycles. The predicted molar refractivity (Wildman–Crippen MR) is 80.1 cm³/mol. The first-order valence-corrected chi connectivity index (χ1v) is 9.39. The molecule has 2 aliphatic rings. The van der Waals surface area contributed by atoms with Crippen LogP contribution in [0.15, 0.2) is 0 Å². The molecule has 2 saturated heterocycles. The van der Waals surface area contributed by atoms with Crippen molar-refractivity contribution in [3.05, 3.63) is 0 Å². The van der Waals surface area contributed by atoms with E-state index in [1.54, 1.807) is 4.90 Å². The van der Waals surface area contributed by atoms with Gasteiger partial charge < -0.3 is 15.0 Å². The first-order valence-electron chi connectivity index (χ1n) is 7.57. The normalized spacial score (nSPS) is 25.7. The van der Waals surface area contributed by atoms with E-state index in [0.29, 0.717) is 19.5 Å². The summed E-state index contributed by atoms with van der Waals surface area (Å²) >= 11 is 0. The van der Waals surface area contributed by atoms with Crippen LogP contribution >= 0.6 is 0 Å². The predicted octanol–water partition coefficient (Wildman–Crippen LogP) is -0.463. The minimum Gasteiger partial charge on any atom is -0.379 e. The molecule has 0 bridgehead atoms.